The zero-order valence-corrected chi connectivity index (χ0v) is 17.0. The van der Waals surface area contributed by atoms with Crippen LogP contribution in [0.3, 0.4) is 0 Å². The Morgan fingerprint density at radius 2 is 1.59 bits per heavy atom. The van der Waals surface area contributed by atoms with E-state index in [4.69, 9.17) is 10.5 Å². The first-order valence-corrected chi connectivity index (χ1v) is 10.9. The van der Waals surface area contributed by atoms with Crippen molar-refractivity contribution in [2.45, 2.75) is 63.8 Å². The van der Waals surface area contributed by atoms with Crippen molar-refractivity contribution in [1.29, 1.82) is 0 Å². The molecule has 0 amide bonds. The molecule has 2 N–H and O–H groups in total. The highest BCUT2D eigenvalue weighted by atomic mass is 19.3. The summed E-state index contributed by atoms with van der Waals surface area (Å²) in [5.41, 5.74) is 11.0. The number of alkyl halides is 2. The highest BCUT2D eigenvalue weighted by Gasteiger charge is 2.45. The van der Waals surface area contributed by atoms with E-state index in [2.05, 4.69) is 36.4 Å². The second kappa shape index (κ2) is 8.83. The number of nitrogens with two attached hydrogens (primary N) is 1. The Balaban J connectivity index is 1.27. The van der Waals surface area contributed by atoms with Crippen molar-refractivity contribution >= 4 is 0 Å². The standard InChI is InChI=1S/C25H31F2NO/c26-25(27)14-21(15-25)17-29-24-12-11-22-9-7-19(8-10-23(22)13-24)2-1-18-3-5-20(16-28)6-4-18/h3-6,11-13,19,21H,1-2,7-10,14-17,28H2. The molecule has 4 heteroatoms. The molecular weight excluding hydrogens is 368 g/mol. The van der Waals surface area contributed by atoms with Gasteiger partial charge in [-0.3, -0.25) is 0 Å². The monoisotopic (exact) mass is 399 g/mol. The van der Waals surface area contributed by atoms with E-state index >= 15 is 0 Å². The summed E-state index contributed by atoms with van der Waals surface area (Å²) < 4.78 is 31.8. The van der Waals surface area contributed by atoms with Gasteiger partial charge in [-0.1, -0.05) is 30.3 Å². The molecule has 0 saturated heterocycles. The van der Waals surface area contributed by atoms with Gasteiger partial charge in [-0.05, 0) is 78.8 Å². The van der Waals surface area contributed by atoms with Crippen molar-refractivity contribution in [2.75, 3.05) is 6.61 Å². The number of hydrogen-bond donors (Lipinski definition) is 1. The number of benzene rings is 2. The van der Waals surface area contributed by atoms with Crippen LogP contribution >= 0.6 is 0 Å². The molecule has 0 aromatic heterocycles. The molecule has 1 unspecified atom stereocenters. The molecule has 0 bridgehead atoms. The molecule has 0 aliphatic heterocycles. The van der Waals surface area contributed by atoms with Gasteiger partial charge in [0.2, 0.25) is 5.92 Å². The Morgan fingerprint density at radius 3 is 2.28 bits per heavy atom. The number of aryl methyl sites for hydroxylation is 3. The number of hydrogen-bond acceptors (Lipinski definition) is 2. The lowest BCUT2D eigenvalue weighted by molar-refractivity contribution is -0.119. The van der Waals surface area contributed by atoms with Crippen molar-refractivity contribution in [2.24, 2.45) is 17.6 Å². The maximum absolute atomic E-state index is 13.0. The molecule has 2 aromatic rings. The van der Waals surface area contributed by atoms with Crippen LogP contribution in [-0.2, 0) is 25.8 Å². The first-order valence-electron chi connectivity index (χ1n) is 10.9. The fraction of sp³-hybridized carbons (Fsp3) is 0.520. The second-order valence-electron chi connectivity index (χ2n) is 8.87. The van der Waals surface area contributed by atoms with Crippen LogP contribution in [-0.4, -0.2) is 12.5 Å². The fourth-order valence-electron chi connectivity index (χ4n) is 4.65. The Hall–Kier alpha value is -1.94. The average Bonchev–Trinajstić information content (AvgIpc) is 2.91. The summed E-state index contributed by atoms with van der Waals surface area (Å²) in [6.45, 7) is 1.000. The Kier molecular flexibility index (Phi) is 6.19. The summed E-state index contributed by atoms with van der Waals surface area (Å²) in [4.78, 5) is 0. The van der Waals surface area contributed by atoms with E-state index in [0.717, 1.165) is 30.9 Å². The van der Waals surface area contributed by atoms with Gasteiger partial charge in [0.25, 0.3) is 0 Å². The molecule has 1 saturated carbocycles. The van der Waals surface area contributed by atoms with Crippen LogP contribution in [0.4, 0.5) is 8.78 Å². The minimum absolute atomic E-state index is 0.00731. The van der Waals surface area contributed by atoms with Crippen LogP contribution < -0.4 is 10.5 Å². The molecular formula is C25H31F2NO. The SMILES string of the molecule is NCc1ccc(CCC2CCc3ccc(OCC4CC(F)(F)C4)cc3CC2)cc1. The van der Waals surface area contributed by atoms with Crippen molar-refractivity contribution in [3.8, 4) is 5.75 Å². The topological polar surface area (TPSA) is 35.2 Å². The predicted molar refractivity (Wildman–Crippen MR) is 112 cm³/mol. The molecule has 2 aliphatic rings. The minimum atomic E-state index is -2.47. The summed E-state index contributed by atoms with van der Waals surface area (Å²) in [5, 5.41) is 0. The van der Waals surface area contributed by atoms with E-state index in [9.17, 15) is 8.78 Å². The Bertz CT molecular complexity index is 810. The zero-order valence-electron chi connectivity index (χ0n) is 17.0. The van der Waals surface area contributed by atoms with Crippen LogP contribution in [0.25, 0.3) is 0 Å². The molecule has 2 aliphatic carbocycles. The molecule has 1 atom stereocenters. The smallest absolute Gasteiger partial charge is 0.248 e. The lowest BCUT2D eigenvalue weighted by atomic mass is 9.82. The van der Waals surface area contributed by atoms with Crippen molar-refractivity contribution < 1.29 is 13.5 Å². The fourth-order valence-corrected chi connectivity index (χ4v) is 4.65. The van der Waals surface area contributed by atoms with Gasteiger partial charge in [-0.2, -0.15) is 0 Å². The third kappa shape index (κ3) is 5.36. The lowest BCUT2D eigenvalue weighted by Crippen LogP contribution is -2.38. The molecule has 2 aromatic carbocycles. The van der Waals surface area contributed by atoms with Crippen molar-refractivity contribution in [3.63, 3.8) is 0 Å². The van der Waals surface area contributed by atoms with E-state index in [1.165, 1.54) is 41.5 Å². The van der Waals surface area contributed by atoms with E-state index in [1.807, 2.05) is 6.07 Å². The Labute approximate surface area is 172 Å². The predicted octanol–water partition coefficient (Wildman–Crippen LogP) is 5.70. The van der Waals surface area contributed by atoms with E-state index in [-0.39, 0.29) is 18.8 Å². The molecule has 0 spiro atoms. The quantitative estimate of drug-likeness (QED) is 0.607. The number of ether oxygens (including phenoxy) is 1. The van der Waals surface area contributed by atoms with Crippen LogP contribution in [0, 0.1) is 11.8 Å². The van der Waals surface area contributed by atoms with Gasteiger partial charge in [0.05, 0.1) is 6.61 Å². The number of rotatable bonds is 7. The molecule has 0 heterocycles. The lowest BCUT2D eigenvalue weighted by Gasteiger charge is -2.34. The summed E-state index contributed by atoms with van der Waals surface area (Å²) >= 11 is 0. The summed E-state index contributed by atoms with van der Waals surface area (Å²) in [5.74, 6) is -0.911. The first-order chi connectivity index (χ1) is 14.0. The van der Waals surface area contributed by atoms with Gasteiger partial charge >= 0.3 is 0 Å². The van der Waals surface area contributed by atoms with Crippen LogP contribution in [0.15, 0.2) is 42.5 Å². The molecule has 4 rings (SSSR count). The van der Waals surface area contributed by atoms with E-state index in [1.54, 1.807) is 0 Å². The molecule has 0 radical (unpaired) electrons. The molecule has 1 fully saturated rings. The second-order valence-corrected chi connectivity index (χ2v) is 8.87. The van der Waals surface area contributed by atoms with Crippen molar-refractivity contribution in [1.82, 2.24) is 0 Å². The largest absolute Gasteiger partial charge is 0.493 e. The van der Waals surface area contributed by atoms with Crippen LogP contribution in [0.2, 0.25) is 0 Å². The van der Waals surface area contributed by atoms with Crippen LogP contribution in [0.5, 0.6) is 5.75 Å². The van der Waals surface area contributed by atoms with Crippen molar-refractivity contribution in [3.05, 3.63) is 64.7 Å². The maximum atomic E-state index is 13.0. The van der Waals surface area contributed by atoms with Gasteiger partial charge in [-0.25, -0.2) is 8.78 Å². The van der Waals surface area contributed by atoms with Gasteiger partial charge in [0.15, 0.2) is 0 Å². The van der Waals surface area contributed by atoms with E-state index in [0.29, 0.717) is 13.2 Å². The highest BCUT2D eigenvalue weighted by molar-refractivity contribution is 5.36. The third-order valence-electron chi connectivity index (χ3n) is 6.58. The number of fused-ring (bicyclic) bond motifs is 1. The van der Waals surface area contributed by atoms with Gasteiger partial charge in [-0.15, -0.1) is 0 Å². The van der Waals surface area contributed by atoms with Gasteiger partial charge in [0, 0.05) is 25.3 Å². The Morgan fingerprint density at radius 1 is 0.897 bits per heavy atom. The minimum Gasteiger partial charge on any atom is -0.493 e. The summed E-state index contributed by atoms with van der Waals surface area (Å²) in [6.07, 6.45) is 6.88. The molecule has 2 nitrogen and oxygen atoms in total. The van der Waals surface area contributed by atoms with Gasteiger partial charge < -0.3 is 10.5 Å². The van der Waals surface area contributed by atoms with Crippen LogP contribution in [0.1, 0.15) is 54.4 Å². The summed E-state index contributed by atoms with van der Waals surface area (Å²) in [7, 11) is 0. The first kappa shape index (κ1) is 20.3. The maximum Gasteiger partial charge on any atom is 0.248 e. The average molecular weight is 400 g/mol. The molecule has 156 valence electrons. The summed E-state index contributed by atoms with van der Waals surface area (Å²) in [6, 6.07) is 15.0. The highest BCUT2D eigenvalue weighted by Crippen LogP contribution is 2.42. The third-order valence-corrected chi connectivity index (χ3v) is 6.58. The molecule has 29 heavy (non-hydrogen) atoms. The normalized spacial score (nSPS) is 21.1. The zero-order chi connectivity index (χ0) is 20.3. The number of halogens is 2. The van der Waals surface area contributed by atoms with Gasteiger partial charge in [0.1, 0.15) is 5.75 Å². The van der Waals surface area contributed by atoms with E-state index < -0.39 is 5.92 Å².